The summed E-state index contributed by atoms with van der Waals surface area (Å²) in [5, 5.41) is 22.4. The Morgan fingerprint density at radius 2 is 1.84 bits per heavy atom. The smallest absolute Gasteiger partial charge is 0.226 e. The summed E-state index contributed by atoms with van der Waals surface area (Å²) in [6, 6.07) is 10.9. The first-order valence-electron chi connectivity index (χ1n) is 10.8. The molecule has 0 spiro atoms. The number of hydrogen-bond donors (Lipinski definition) is 2. The zero-order valence-corrected chi connectivity index (χ0v) is 18.9. The highest BCUT2D eigenvalue weighted by Crippen LogP contribution is 2.36. The topological polar surface area (TPSA) is 94.7 Å². The highest BCUT2D eigenvalue weighted by Gasteiger charge is 2.27. The van der Waals surface area contributed by atoms with Crippen LogP contribution in [0.2, 0.25) is 0 Å². The number of anilines is 3. The quantitative estimate of drug-likeness (QED) is 0.668. The van der Waals surface area contributed by atoms with Gasteiger partial charge in [-0.3, -0.25) is 0 Å². The fraction of sp³-hybridized carbons (Fsp3) is 0.478. The summed E-state index contributed by atoms with van der Waals surface area (Å²) >= 11 is 0. The van der Waals surface area contributed by atoms with E-state index in [9.17, 15) is 5.26 Å². The minimum Gasteiger partial charge on any atom is -0.370 e. The highest BCUT2D eigenvalue weighted by molar-refractivity contribution is 5.98. The number of para-hydroxylation sites is 1. The van der Waals surface area contributed by atoms with E-state index in [4.69, 9.17) is 4.98 Å². The van der Waals surface area contributed by atoms with Gasteiger partial charge in [0, 0.05) is 37.1 Å². The molecule has 8 heteroatoms. The molecule has 4 rings (SSSR count). The lowest BCUT2D eigenvalue weighted by molar-refractivity contribution is 0.317. The van der Waals surface area contributed by atoms with Crippen molar-refractivity contribution in [2.24, 2.45) is 7.05 Å². The van der Waals surface area contributed by atoms with Crippen molar-refractivity contribution in [1.82, 2.24) is 25.1 Å². The SMILES string of the molecule is Cc1nc(Nc2nc3ccccc3c(N3CCC(NC(C)(C)C)CC3)c2C#N)n(C)n1. The molecule has 0 unspecified atom stereocenters. The second-order valence-electron chi connectivity index (χ2n) is 9.20. The van der Waals surface area contributed by atoms with Gasteiger partial charge in [-0.05, 0) is 46.6 Å². The van der Waals surface area contributed by atoms with Gasteiger partial charge in [0.25, 0.3) is 0 Å². The minimum absolute atomic E-state index is 0.0966. The molecule has 0 radical (unpaired) electrons. The van der Waals surface area contributed by atoms with Crippen molar-refractivity contribution in [3.05, 3.63) is 35.7 Å². The molecule has 0 amide bonds. The van der Waals surface area contributed by atoms with Gasteiger partial charge in [-0.15, -0.1) is 0 Å². The van der Waals surface area contributed by atoms with Crippen LogP contribution >= 0.6 is 0 Å². The normalized spacial score (nSPS) is 15.3. The van der Waals surface area contributed by atoms with Crippen LogP contribution in [0.25, 0.3) is 10.9 Å². The van der Waals surface area contributed by atoms with Crippen molar-refractivity contribution in [2.45, 2.75) is 52.1 Å². The second-order valence-corrected chi connectivity index (χ2v) is 9.20. The fourth-order valence-electron chi connectivity index (χ4n) is 4.31. The minimum atomic E-state index is 0.0966. The van der Waals surface area contributed by atoms with E-state index in [1.54, 1.807) is 4.68 Å². The number of nitriles is 1. The predicted octanol–water partition coefficient (Wildman–Crippen LogP) is 3.64. The molecule has 1 saturated heterocycles. The van der Waals surface area contributed by atoms with Crippen molar-refractivity contribution in [1.29, 1.82) is 5.26 Å². The van der Waals surface area contributed by atoms with Gasteiger partial charge in [-0.25, -0.2) is 9.67 Å². The summed E-state index contributed by atoms with van der Waals surface area (Å²) in [7, 11) is 1.82. The highest BCUT2D eigenvalue weighted by atomic mass is 15.4. The van der Waals surface area contributed by atoms with Crippen molar-refractivity contribution in [3.63, 3.8) is 0 Å². The van der Waals surface area contributed by atoms with Gasteiger partial charge in [0.15, 0.2) is 5.82 Å². The molecule has 1 aromatic carbocycles. The van der Waals surface area contributed by atoms with Crippen LogP contribution < -0.4 is 15.5 Å². The molecule has 8 nitrogen and oxygen atoms in total. The molecule has 0 saturated carbocycles. The number of pyridine rings is 1. The molecular formula is C23H30N8. The molecule has 0 aliphatic carbocycles. The van der Waals surface area contributed by atoms with Gasteiger partial charge < -0.3 is 15.5 Å². The van der Waals surface area contributed by atoms with Crippen molar-refractivity contribution >= 4 is 28.4 Å². The summed E-state index contributed by atoms with van der Waals surface area (Å²) in [5.74, 6) is 1.75. The predicted molar refractivity (Wildman–Crippen MR) is 124 cm³/mol. The third-order valence-corrected chi connectivity index (χ3v) is 5.52. The van der Waals surface area contributed by atoms with Crippen molar-refractivity contribution in [3.8, 4) is 6.07 Å². The Hall–Kier alpha value is -3.18. The average molecular weight is 419 g/mol. The number of aromatic nitrogens is 4. The van der Waals surface area contributed by atoms with E-state index in [1.807, 2.05) is 38.2 Å². The molecule has 0 bridgehead atoms. The fourth-order valence-corrected chi connectivity index (χ4v) is 4.31. The Morgan fingerprint density at radius 3 is 2.45 bits per heavy atom. The monoisotopic (exact) mass is 418 g/mol. The van der Waals surface area contributed by atoms with E-state index in [2.05, 4.69) is 52.5 Å². The van der Waals surface area contributed by atoms with Crippen LogP contribution in [-0.4, -0.2) is 44.4 Å². The molecule has 3 heterocycles. The number of rotatable bonds is 4. The van der Waals surface area contributed by atoms with Crippen LogP contribution in [0, 0.1) is 18.3 Å². The van der Waals surface area contributed by atoms with E-state index in [1.165, 1.54) is 0 Å². The van der Waals surface area contributed by atoms with Crippen LogP contribution in [0.5, 0.6) is 0 Å². The molecule has 1 fully saturated rings. The van der Waals surface area contributed by atoms with E-state index < -0.39 is 0 Å². The number of piperidine rings is 1. The number of nitrogens with one attached hydrogen (secondary N) is 2. The van der Waals surface area contributed by atoms with Crippen LogP contribution in [0.4, 0.5) is 17.5 Å². The number of hydrogen-bond acceptors (Lipinski definition) is 7. The summed E-state index contributed by atoms with van der Waals surface area (Å²) in [4.78, 5) is 11.5. The maximum absolute atomic E-state index is 10.1. The lowest BCUT2D eigenvalue weighted by Crippen LogP contribution is -2.49. The lowest BCUT2D eigenvalue weighted by Gasteiger charge is -2.38. The van der Waals surface area contributed by atoms with Gasteiger partial charge in [-0.1, -0.05) is 18.2 Å². The molecule has 2 N–H and O–H groups in total. The van der Waals surface area contributed by atoms with Crippen LogP contribution in [0.3, 0.4) is 0 Å². The summed E-state index contributed by atoms with van der Waals surface area (Å²) < 4.78 is 1.66. The van der Waals surface area contributed by atoms with Gasteiger partial charge in [-0.2, -0.15) is 15.3 Å². The maximum atomic E-state index is 10.1. The van der Waals surface area contributed by atoms with E-state index in [0.717, 1.165) is 42.5 Å². The zero-order valence-electron chi connectivity index (χ0n) is 18.9. The summed E-state index contributed by atoms with van der Waals surface area (Å²) in [6.45, 7) is 10.2. The first-order chi connectivity index (χ1) is 14.7. The molecule has 3 aromatic rings. The molecular weight excluding hydrogens is 388 g/mol. The molecule has 31 heavy (non-hydrogen) atoms. The third kappa shape index (κ3) is 4.47. The Bertz CT molecular complexity index is 1130. The standard InChI is InChI=1S/C23H30N8/c1-15-25-22(30(5)29-15)27-21-18(14-24)20(17-8-6-7-9-19(17)26-21)31-12-10-16(11-13-31)28-23(2,3)4/h6-9,16,28H,10-13H2,1-5H3,(H,25,26,27,29). The van der Waals surface area contributed by atoms with Gasteiger partial charge >= 0.3 is 0 Å². The number of fused-ring (bicyclic) bond motifs is 1. The van der Waals surface area contributed by atoms with E-state index in [-0.39, 0.29) is 5.54 Å². The van der Waals surface area contributed by atoms with Gasteiger partial charge in [0.05, 0.1) is 11.2 Å². The Kier molecular flexibility index (Phi) is 5.54. The Morgan fingerprint density at radius 1 is 1.13 bits per heavy atom. The van der Waals surface area contributed by atoms with E-state index >= 15 is 0 Å². The van der Waals surface area contributed by atoms with Gasteiger partial charge in [0.2, 0.25) is 5.95 Å². The lowest BCUT2D eigenvalue weighted by atomic mass is 9.98. The number of nitrogens with zero attached hydrogens (tertiary/aromatic N) is 6. The van der Waals surface area contributed by atoms with Crippen LogP contribution in [0.1, 0.15) is 45.0 Å². The molecule has 0 atom stereocenters. The largest absolute Gasteiger partial charge is 0.370 e. The van der Waals surface area contributed by atoms with E-state index in [0.29, 0.717) is 29.2 Å². The first-order valence-corrected chi connectivity index (χ1v) is 10.8. The Balaban J connectivity index is 1.72. The second kappa shape index (κ2) is 8.16. The number of aryl methyl sites for hydroxylation is 2. The molecule has 2 aromatic heterocycles. The summed E-state index contributed by atoms with van der Waals surface area (Å²) in [6.07, 6.45) is 2.06. The first kappa shape index (κ1) is 21.1. The average Bonchev–Trinajstić information content (AvgIpc) is 3.03. The van der Waals surface area contributed by atoms with Crippen molar-refractivity contribution in [2.75, 3.05) is 23.3 Å². The van der Waals surface area contributed by atoms with Gasteiger partial charge in [0.1, 0.15) is 17.5 Å². The molecule has 1 aliphatic heterocycles. The third-order valence-electron chi connectivity index (χ3n) is 5.52. The maximum Gasteiger partial charge on any atom is 0.226 e. The van der Waals surface area contributed by atoms with Crippen LogP contribution in [-0.2, 0) is 7.05 Å². The Labute approximate surface area is 183 Å². The van der Waals surface area contributed by atoms with Crippen molar-refractivity contribution < 1.29 is 0 Å². The van der Waals surface area contributed by atoms with Crippen LogP contribution in [0.15, 0.2) is 24.3 Å². The number of benzene rings is 1. The molecule has 1 aliphatic rings. The summed E-state index contributed by atoms with van der Waals surface area (Å²) in [5.41, 5.74) is 2.44. The molecule has 162 valence electrons. The zero-order chi connectivity index (χ0) is 22.2.